The molecule has 2 amide bonds. The Morgan fingerprint density at radius 3 is 1.50 bits per heavy atom. The van der Waals surface area contributed by atoms with Crippen molar-refractivity contribution in [1.82, 2.24) is 0 Å². The van der Waals surface area contributed by atoms with Gasteiger partial charge in [-0.3, -0.25) is 39.6 Å². The van der Waals surface area contributed by atoms with E-state index in [0.29, 0.717) is 58.9 Å². The fourth-order valence-electron chi connectivity index (χ4n) is 8.17. The average molecular weight is 945 g/mol. The normalized spacial score (nSPS) is 21.3. The molecule has 9 rings (SSSR count). The lowest BCUT2D eigenvalue weighted by molar-refractivity contribution is -0.385. The number of rotatable bonds is 16. The number of anilines is 4. The number of aliphatic hydroxyl groups is 1. The lowest BCUT2D eigenvalue weighted by Crippen LogP contribution is -2.39. The van der Waals surface area contributed by atoms with Crippen molar-refractivity contribution >= 4 is 69.5 Å². The summed E-state index contributed by atoms with van der Waals surface area (Å²) in [5.41, 5.74) is 2.75. The van der Waals surface area contributed by atoms with Gasteiger partial charge in [-0.05, 0) is 80.6 Å². The van der Waals surface area contributed by atoms with Gasteiger partial charge in [-0.15, -0.1) is 0 Å². The number of non-ortho nitro benzene ring substituents is 2. The molecule has 0 bridgehead atoms. The van der Waals surface area contributed by atoms with Gasteiger partial charge >= 0.3 is 0 Å². The number of aliphatic hydroxyl groups excluding tert-OH is 1. The zero-order chi connectivity index (χ0) is 46.3. The van der Waals surface area contributed by atoms with Crippen molar-refractivity contribution in [2.75, 3.05) is 42.8 Å². The highest BCUT2D eigenvalue weighted by Crippen LogP contribution is 2.52. The first-order valence-corrected chi connectivity index (χ1v) is 23.8. The fraction of sp³-hybridized carbons (Fsp3) is 0.447. The van der Waals surface area contributed by atoms with Crippen LogP contribution in [0, 0.1) is 20.2 Å². The summed E-state index contributed by atoms with van der Waals surface area (Å²) < 4.78 is 35.1. The third kappa shape index (κ3) is 11.3. The van der Waals surface area contributed by atoms with Crippen LogP contribution in [-0.2, 0) is 28.5 Å². The fourth-order valence-corrected chi connectivity index (χ4v) is 10.4. The highest BCUT2D eigenvalue weighted by atomic mass is 32.2. The number of carbonyl (C=O) groups is 2. The van der Waals surface area contributed by atoms with Gasteiger partial charge in [0, 0.05) is 110 Å². The van der Waals surface area contributed by atoms with Crippen molar-refractivity contribution in [3.05, 3.63) is 93.0 Å². The monoisotopic (exact) mass is 944 g/mol. The second-order valence-corrected chi connectivity index (χ2v) is 18.7. The Morgan fingerprint density at radius 1 is 0.636 bits per heavy atom. The minimum atomic E-state index is -0.441. The summed E-state index contributed by atoms with van der Waals surface area (Å²) in [6.45, 7) is 5.73. The number of nitrogens with zero attached hydrogens (tertiary/aromatic N) is 4. The second kappa shape index (κ2) is 21.6. The molecule has 3 heterocycles. The molecule has 3 fully saturated rings. The summed E-state index contributed by atoms with van der Waals surface area (Å²) in [5.74, 6) is 1.08. The largest absolute Gasteiger partial charge is 0.490 e. The first kappa shape index (κ1) is 47.2. The van der Waals surface area contributed by atoms with Gasteiger partial charge in [0.1, 0.15) is 23.7 Å². The highest BCUT2D eigenvalue weighted by Gasteiger charge is 2.35. The van der Waals surface area contributed by atoms with Gasteiger partial charge in [-0.1, -0.05) is 23.5 Å². The number of ether oxygens (including phenoxy) is 6. The summed E-state index contributed by atoms with van der Waals surface area (Å²) in [5, 5.41) is 31.2. The molecule has 2 saturated carbocycles. The third-order valence-electron chi connectivity index (χ3n) is 11.7. The van der Waals surface area contributed by atoms with Gasteiger partial charge < -0.3 is 33.5 Å². The number of amides is 2. The Balaban J connectivity index is 0.000000182. The summed E-state index contributed by atoms with van der Waals surface area (Å²) in [6.07, 6.45) is 8.41. The van der Waals surface area contributed by atoms with Gasteiger partial charge in [0.15, 0.2) is 6.29 Å². The molecule has 0 radical (unpaired) electrons. The predicted molar refractivity (Wildman–Crippen MR) is 246 cm³/mol. The van der Waals surface area contributed by atoms with Gasteiger partial charge in [-0.25, -0.2) is 0 Å². The van der Waals surface area contributed by atoms with Crippen LogP contribution in [0.1, 0.15) is 71.6 Å². The van der Waals surface area contributed by atoms with Crippen LogP contribution in [0.5, 0.6) is 11.5 Å². The topological polar surface area (TPSA) is 203 Å². The summed E-state index contributed by atoms with van der Waals surface area (Å²) >= 11 is 2.79. The van der Waals surface area contributed by atoms with Gasteiger partial charge in [-0.2, -0.15) is 0 Å². The zero-order valence-electron chi connectivity index (χ0n) is 36.7. The number of nitro benzene ring substituents is 2. The maximum atomic E-state index is 12.4. The number of fused-ring (bicyclic) bond motifs is 4. The van der Waals surface area contributed by atoms with Crippen LogP contribution in [0.3, 0.4) is 0 Å². The maximum Gasteiger partial charge on any atom is 0.270 e. The lowest BCUT2D eigenvalue weighted by Gasteiger charge is -2.36. The van der Waals surface area contributed by atoms with Crippen LogP contribution in [0.25, 0.3) is 0 Å². The molecule has 3 aliphatic heterocycles. The maximum absolute atomic E-state index is 12.4. The zero-order valence-corrected chi connectivity index (χ0v) is 38.3. The second-order valence-electron chi connectivity index (χ2n) is 16.5. The van der Waals surface area contributed by atoms with E-state index in [9.17, 15) is 29.8 Å². The van der Waals surface area contributed by atoms with Crippen molar-refractivity contribution in [1.29, 1.82) is 0 Å². The minimum Gasteiger partial charge on any atom is -0.490 e. The van der Waals surface area contributed by atoms with E-state index in [0.717, 1.165) is 72.7 Å². The Kier molecular flexibility index (Phi) is 15.4. The minimum absolute atomic E-state index is 0.00463. The number of hydrogen-bond acceptors (Lipinski definition) is 15. The molecule has 17 nitrogen and oxygen atoms in total. The first-order valence-electron chi connectivity index (χ1n) is 22.2. The SMILES string of the molecule is CC(=O)N1c2ccc(OC3CC(OCCCO)C3)cc2Sc2cc([N+](=O)[O-])ccc21.CC(=O)N1c2ccc(OC3CC(OCCCOC4CCCCO4)C3)cc2Sc2cc([N+](=O)[O-])ccc21. The first-order chi connectivity index (χ1) is 31.9. The molecule has 1 N–H and O–H groups in total. The molecule has 19 heteroatoms. The predicted octanol–water partition coefficient (Wildman–Crippen LogP) is 9.66. The highest BCUT2D eigenvalue weighted by molar-refractivity contribution is 8.00. The van der Waals surface area contributed by atoms with Crippen LogP contribution in [-0.4, -0.2) is 90.5 Å². The Morgan fingerprint density at radius 2 is 1.08 bits per heavy atom. The number of carbonyl (C=O) groups excluding carboxylic acids is 2. The van der Waals surface area contributed by atoms with E-state index in [1.807, 2.05) is 36.4 Å². The molecule has 0 aromatic heterocycles. The Hall–Kier alpha value is -5.28. The van der Waals surface area contributed by atoms with Crippen molar-refractivity contribution in [3.63, 3.8) is 0 Å². The van der Waals surface area contributed by atoms with Crippen LogP contribution in [0.2, 0.25) is 0 Å². The van der Waals surface area contributed by atoms with E-state index < -0.39 is 9.85 Å². The standard InChI is InChI=1S/C26H30N2O7S.C21H22N2O6S/c1-17(29)27-22-8-6-18(28(30)31)13-24(22)36-25-16-19(7-9-23(25)27)35-21-14-20(15-21)32-11-4-12-34-26-5-2-3-10-33-26;1-13(25)22-18-5-3-14(23(26)27)9-20(18)30-21-12-15(4-6-19(21)22)29-17-10-16(11-17)28-8-2-7-24/h6-9,13,16,20-21,26H,2-5,10-12,14-15H2,1H3;3-6,9,12,16-17,24H,2,7-8,10-11H2,1H3. The molecule has 5 aliphatic rings. The number of nitro groups is 2. The molecule has 0 spiro atoms. The molecule has 1 atom stereocenters. The van der Waals surface area contributed by atoms with E-state index in [-0.39, 0.29) is 60.5 Å². The summed E-state index contributed by atoms with van der Waals surface area (Å²) in [4.78, 5) is 52.4. The molecule has 4 aromatic rings. The van der Waals surface area contributed by atoms with E-state index in [2.05, 4.69) is 0 Å². The molecule has 1 unspecified atom stereocenters. The summed E-state index contributed by atoms with van der Waals surface area (Å²) in [6, 6.07) is 20.3. The van der Waals surface area contributed by atoms with Crippen LogP contribution >= 0.6 is 23.5 Å². The van der Waals surface area contributed by atoms with Crippen molar-refractivity contribution in [2.24, 2.45) is 0 Å². The third-order valence-corrected chi connectivity index (χ3v) is 13.8. The molecule has 2 aliphatic carbocycles. The van der Waals surface area contributed by atoms with E-state index in [4.69, 9.17) is 33.5 Å². The van der Waals surface area contributed by atoms with Gasteiger partial charge in [0.2, 0.25) is 11.8 Å². The lowest BCUT2D eigenvalue weighted by atomic mass is 9.92. The molecule has 1 saturated heterocycles. The Labute approximate surface area is 390 Å². The Bertz CT molecular complexity index is 2420. The van der Waals surface area contributed by atoms with Gasteiger partial charge in [0.05, 0.1) is 51.4 Å². The van der Waals surface area contributed by atoms with Crippen LogP contribution < -0.4 is 19.3 Å². The van der Waals surface area contributed by atoms with Crippen LogP contribution in [0.4, 0.5) is 34.1 Å². The molecule has 66 heavy (non-hydrogen) atoms. The smallest absolute Gasteiger partial charge is 0.270 e. The van der Waals surface area contributed by atoms with E-state index >= 15 is 0 Å². The molecule has 4 aromatic carbocycles. The van der Waals surface area contributed by atoms with Crippen molar-refractivity contribution in [2.45, 2.75) is 122 Å². The van der Waals surface area contributed by atoms with E-state index in [1.165, 1.54) is 68.1 Å². The number of hydrogen-bond donors (Lipinski definition) is 1. The summed E-state index contributed by atoms with van der Waals surface area (Å²) in [7, 11) is 0. The van der Waals surface area contributed by atoms with Crippen LogP contribution in [0.15, 0.2) is 92.4 Å². The van der Waals surface area contributed by atoms with Crippen molar-refractivity contribution < 1.29 is 53.0 Å². The number of benzene rings is 4. The average Bonchev–Trinajstić information content (AvgIpc) is 3.27. The molecular formula is C47H52N4O13S2. The molecule has 350 valence electrons. The quantitative estimate of drug-likeness (QED) is 0.0631. The van der Waals surface area contributed by atoms with Crippen molar-refractivity contribution in [3.8, 4) is 11.5 Å². The molecular weight excluding hydrogens is 893 g/mol. The van der Waals surface area contributed by atoms with Gasteiger partial charge in [0.25, 0.3) is 11.4 Å². The van der Waals surface area contributed by atoms with E-state index in [1.54, 1.807) is 21.9 Å².